The van der Waals surface area contributed by atoms with E-state index in [9.17, 15) is 9.59 Å². The third kappa shape index (κ3) is 16.3. The minimum absolute atomic E-state index is 0.125. The van der Waals surface area contributed by atoms with E-state index >= 15 is 0 Å². The van der Waals surface area contributed by atoms with Crippen molar-refractivity contribution in [2.75, 3.05) is 26.4 Å². The van der Waals surface area contributed by atoms with E-state index in [1.165, 1.54) is 0 Å². The van der Waals surface area contributed by atoms with Gasteiger partial charge in [-0.15, -0.1) is 0 Å². The Morgan fingerprint density at radius 1 is 0.800 bits per heavy atom. The highest BCUT2D eigenvalue weighted by Gasteiger charge is 2.10. The molecule has 0 spiro atoms. The zero-order valence-electron chi connectivity index (χ0n) is 10.7. The fourth-order valence-electron chi connectivity index (χ4n) is 0.699. The van der Waals surface area contributed by atoms with Crippen LogP contribution in [0.15, 0.2) is 0 Å². The summed E-state index contributed by atoms with van der Waals surface area (Å²) < 4.78 is 8.16. The first-order valence-corrected chi connectivity index (χ1v) is 7.70. The molecule has 0 atom stereocenters. The van der Waals surface area contributed by atoms with Crippen molar-refractivity contribution in [2.45, 2.75) is 22.0 Å². The van der Waals surface area contributed by atoms with Gasteiger partial charge in [0.25, 0.3) is 0 Å². The van der Waals surface area contributed by atoms with Gasteiger partial charge in [0.2, 0.25) is 0 Å². The van der Waals surface area contributed by atoms with E-state index in [1.807, 2.05) is 0 Å². The molecule has 0 bridgehead atoms. The lowest BCUT2D eigenvalue weighted by atomic mass is 10.3. The molecule has 0 rings (SSSR count). The third-order valence-corrected chi connectivity index (χ3v) is 2.39. The number of hydrogen-bond acceptors (Lipinski definition) is 10. The standard InChI is InChI=1S/C8H14O4S4.C2H6O2/c9-5(7(13)14)11-3-1-2-4-12-6(10)8(15)16;3-1-2-4/h7-8,13-16H,1-4H2;3-4H,1-2H2. The average Bonchev–Trinajstić information content (AvgIpc) is 2.41. The molecule has 0 amide bonds. The zero-order valence-corrected chi connectivity index (χ0v) is 14.3. The monoisotopic (exact) mass is 364 g/mol. The molecule has 0 saturated carbocycles. The van der Waals surface area contributed by atoms with Gasteiger partial charge in [0.1, 0.15) is 9.16 Å². The van der Waals surface area contributed by atoms with Crippen LogP contribution in [0.25, 0.3) is 0 Å². The Bertz CT molecular complexity index is 236. The molecule has 0 aromatic rings. The first-order chi connectivity index (χ1) is 9.36. The molecule has 0 radical (unpaired) electrons. The predicted molar refractivity (Wildman–Crippen MR) is 88.8 cm³/mol. The lowest BCUT2D eigenvalue weighted by Crippen LogP contribution is -2.15. The normalized spacial score (nSPS) is 10.0. The molecule has 0 fully saturated rings. The van der Waals surface area contributed by atoms with E-state index in [4.69, 9.17) is 19.7 Å². The van der Waals surface area contributed by atoms with Crippen LogP contribution in [-0.2, 0) is 19.1 Å². The first-order valence-electron chi connectivity index (χ1n) is 5.64. The molecule has 0 aromatic heterocycles. The van der Waals surface area contributed by atoms with Crippen molar-refractivity contribution in [3.63, 3.8) is 0 Å². The maximum atomic E-state index is 10.9. The van der Waals surface area contributed by atoms with Gasteiger partial charge in [-0.1, -0.05) is 0 Å². The van der Waals surface area contributed by atoms with Crippen LogP contribution in [0.4, 0.5) is 0 Å². The molecule has 0 aliphatic heterocycles. The molecule has 0 aliphatic carbocycles. The maximum absolute atomic E-state index is 10.9. The van der Waals surface area contributed by atoms with Crippen molar-refractivity contribution in [1.29, 1.82) is 0 Å². The Morgan fingerprint density at radius 2 is 1.10 bits per heavy atom. The molecule has 120 valence electrons. The van der Waals surface area contributed by atoms with Crippen molar-refractivity contribution < 1.29 is 29.3 Å². The summed E-state index contributed by atoms with van der Waals surface area (Å²) in [5.74, 6) is -0.955. The number of thiol groups is 4. The fraction of sp³-hybridized carbons (Fsp3) is 0.800. The van der Waals surface area contributed by atoms with Crippen molar-refractivity contribution >= 4 is 62.5 Å². The van der Waals surface area contributed by atoms with Gasteiger partial charge in [-0.25, -0.2) is 9.59 Å². The zero-order chi connectivity index (χ0) is 16.0. The van der Waals surface area contributed by atoms with Crippen LogP contribution >= 0.6 is 50.5 Å². The van der Waals surface area contributed by atoms with Crippen molar-refractivity contribution in [1.82, 2.24) is 0 Å². The smallest absolute Gasteiger partial charge is 0.328 e. The molecule has 20 heavy (non-hydrogen) atoms. The molecular formula is C10H20O6S4. The van der Waals surface area contributed by atoms with Gasteiger partial charge in [0.05, 0.1) is 26.4 Å². The minimum Gasteiger partial charge on any atom is -0.464 e. The Balaban J connectivity index is 0. The summed E-state index contributed by atoms with van der Waals surface area (Å²) in [5.41, 5.74) is 0. The van der Waals surface area contributed by atoms with Gasteiger partial charge in [-0.05, 0) is 12.8 Å². The topological polar surface area (TPSA) is 93.1 Å². The number of rotatable bonds is 8. The minimum atomic E-state index is -0.716. The highest BCUT2D eigenvalue weighted by molar-refractivity contribution is 8.00. The van der Waals surface area contributed by atoms with E-state index in [0.717, 1.165) is 0 Å². The number of hydrogen-bond donors (Lipinski definition) is 6. The fourth-order valence-corrected chi connectivity index (χ4v) is 0.997. The summed E-state index contributed by atoms with van der Waals surface area (Å²) in [6.07, 6.45) is 1.22. The predicted octanol–water partition coefficient (Wildman–Crippen LogP) is 0.195. The number of ether oxygens (including phenoxy) is 2. The maximum Gasteiger partial charge on any atom is 0.328 e. The Labute approximate surface area is 140 Å². The average molecular weight is 365 g/mol. The quantitative estimate of drug-likeness (QED) is 0.159. The highest BCUT2D eigenvalue weighted by Crippen LogP contribution is 2.05. The van der Waals surface area contributed by atoms with Crippen molar-refractivity contribution in [3.8, 4) is 0 Å². The van der Waals surface area contributed by atoms with E-state index in [-0.39, 0.29) is 26.4 Å². The summed E-state index contributed by atoms with van der Waals surface area (Å²) in [6.45, 7) is 0.276. The largest absolute Gasteiger partial charge is 0.464 e. The molecule has 6 nitrogen and oxygen atoms in total. The van der Waals surface area contributed by atoms with Crippen LogP contribution in [0.3, 0.4) is 0 Å². The van der Waals surface area contributed by atoms with Crippen LogP contribution in [0.2, 0.25) is 0 Å². The lowest BCUT2D eigenvalue weighted by Gasteiger charge is -2.07. The molecule has 0 aliphatic rings. The summed E-state index contributed by atoms with van der Waals surface area (Å²) in [5, 5.41) is 15.2. The summed E-state index contributed by atoms with van der Waals surface area (Å²) in [4.78, 5) is 21.8. The Hall–Kier alpha value is 0.260. The van der Waals surface area contributed by atoms with Crippen LogP contribution in [-0.4, -0.2) is 57.7 Å². The molecule has 10 heteroatoms. The Kier molecular flexibility index (Phi) is 17.6. The Morgan fingerprint density at radius 3 is 1.30 bits per heavy atom. The van der Waals surface area contributed by atoms with Crippen LogP contribution in [0, 0.1) is 0 Å². The van der Waals surface area contributed by atoms with Gasteiger partial charge >= 0.3 is 11.9 Å². The summed E-state index contributed by atoms with van der Waals surface area (Å²) in [7, 11) is 0. The highest BCUT2D eigenvalue weighted by atomic mass is 32.2. The summed E-state index contributed by atoms with van der Waals surface area (Å²) in [6, 6.07) is 0. The molecule has 0 saturated heterocycles. The SMILES string of the molecule is O=C(OCCCCOC(=O)C(S)S)C(S)S.OCCO. The molecule has 2 N–H and O–H groups in total. The second-order valence-electron chi connectivity index (χ2n) is 3.24. The number of unbranched alkanes of at least 4 members (excludes halogenated alkanes) is 1. The van der Waals surface area contributed by atoms with Gasteiger partial charge in [0, 0.05) is 0 Å². The number of carbonyl (C=O) groups excluding carboxylic acids is 2. The number of aliphatic hydroxyl groups is 2. The van der Waals surface area contributed by atoms with E-state index in [2.05, 4.69) is 50.5 Å². The number of aliphatic hydroxyl groups excluding tert-OH is 2. The number of carbonyl (C=O) groups is 2. The van der Waals surface area contributed by atoms with Crippen LogP contribution in [0.1, 0.15) is 12.8 Å². The molecule has 0 heterocycles. The van der Waals surface area contributed by atoms with Crippen LogP contribution < -0.4 is 0 Å². The van der Waals surface area contributed by atoms with E-state index < -0.39 is 21.1 Å². The van der Waals surface area contributed by atoms with Crippen LogP contribution in [0.5, 0.6) is 0 Å². The van der Waals surface area contributed by atoms with Gasteiger partial charge in [-0.3, -0.25) is 0 Å². The molecule has 0 unspecified atom stereocenters. The van der Waals surface area contributed by atoms with E-state index in [0.29, 0.717) is 12.8 Å². The molecular weight excluding hydrogens is 344 g/mol. The second kappa shape index (κ2) is 15.6. The van der Waals surface area contributed by atoms with E-state index in [1.54, 1.807) is 0 Å². The number of esters is 2. The lowest BCUT2D eigenvalue weighted by molar-refractivity contribution is -0.143. The molecule has 0 aromatic carbocycles. The summed E-state index contributed by atoms with van der Waals surface area (Å²) >= 11 is 15.2. The second-order valence-corrected chi connectivity index (χ2v) is 6.12. The van der Waals surface area contributed by atoms with Crippen molar-refractivity contribution in [2.24, 2.45) is 0 Å². The van der Waals surface area contributed by atoms with Crippen molar-refractivity contribution in [3.05, 3.63) is 0 Å². The third-order valence-electron chi connectivity index (χ3n) is 1.55. The first kappa shape index (κ1) is 22.5. The van der Waals surface area contributed by atoms with Gasteiger partial charge in [-0.2, -0.15) is 50.5 Å². The van der Waals surface area contributed by atoms with Gasteiger partial charge in [0.15, 0.2) is 0 Å². The van der Waals surface area contributed by atoms with Gasteiger partial charge < -0.3 is 19.7 Å².